The van der Waals surface area contributed by atoms with Gasteiger partial charge in [0, 0.05) is 35.1 Å². The fourth-order valence-corrected chi connectivity index (χ4v) is 3.88. The topological polar surface area (TPSA) is 75.4 Å². The van der Waals surface area contributed by atoms with Gasteiger partial charge in [-0.1, -0.05) is 36.4 Å². The van der Waals surface area contributed by atoms with E-state index < -0.39 is 0 Å². The van der Waals surface area contributed by atoms with E-state index in [9.17, 15) is 9.59 Å². The summed E-state index contributed by atoms with van der Waals surface area (Å²) in [5.74, 6) is -0.226. The lowest BCUT2D eigenvalue weighted by molar-refractivity contribution is 0.0985. The van der Waals surface area contributed by atoms with Gasteiger partial charge in [0.1, 0.15) is 0 Å². The summed E-state index contributed by atoms with van der Waals surface area (Å²) >= 11 is 0. The van der Waals surface area contributed by atoms with E-state index in [0.717, 1.165) is 29.7 Å². The molecule has 3 N–H and O–H groups in total. The van der Waals surface area contributed by atoms with Gasteiger partial charge in [0.15, 0.2) is 0 Å². The van der Waals surface area contributed by atoms with E-state index in [-0.39, 0.29) is 17.9 Å². The maximum Gasteiger partial charge on any atom is 0.258 e. The van der Waals surface area contributed by atoms with Crippen LogP contribution >= 0.6 is 0 Å². The highest BCUT2D eigenvalue weighted by molar-refractivity contribution is 6.08. The Balaban J connectivity index is 1.53. The Morgan fingerprint density at radius 3 is 2.43 bits per heavy atom. The number of para-hydroxylation sites is 1. The molecule has 4 rings (SSSR count). The highest BCUT2D eigenvalue weighted by Crippen LogP contribution is 2.32. The Labute approximate surface area is 176 Å². The van der Waals surface area contributed by atoms with E-state index in [1.54, 1.807) is 30.3 Å². The van der Waals surface area contributed by atoms with Crippen molar-refractivity contribution >= 4 is 23.2 Å². The maximum atomic E-state index is 13.2. The molecule has 2 amide bonds. The third kappa shape index (κ3) is 3.98. The smallest absolute Gasteiger partial charge is 0.258 e. The summed E-state index contributed by atoms with van der Waals surface area (Å²) in [5, 5.41) is 2.90. The van der Waals surface area contributed by atoms with Crippen LogP contribution < -0.4 is 16.0 Å². The van der Waals surface area contributed by atoms with Crippen LogP contribution in [0.1, 0.15) is 50.7 Å². The molecule has 30 heavy (non-hydrogen) atoms. The zero-order valence-corrected chi connectivity index (χ0v) is 17.0. The molecule has 0 aromatic heterocycles. The molecule has 0 spiro atoms. The summed E-state index contributed by atoms with van der Waals surface area (Å²) < 4.78 is 0. The lowest BCUT2D eigenvalue weighted by Crippen LogP contribution is -2.31. The number of nitrogens with two attached hydrogens (primary N) is 1. The number of carbonyl (C=O) groups excluding carboxylic acids is 2. The number of benzene rings is 3. The minimum Gasteiger partial charge on any atom is -0.324 e. The zero-order valence-electron chi connectivity index (χ0n) is 17.0. The second kappa shape index (κ2) is 8.51. The summed E-state index contributed by atoms with van der Waals surface area (Å²) in [6.45, 7) is 2.54. The van der Waals surface area contributed by atoms with Crippen molar-refractivity contribution in [2.24, 2.45) is 5.73 Å². The molecule has 5 nitrogen and oxygen atoms in total. The molecule has 0 fully saturated rings. The van der Waals surface area contributed by atoms with E-state index in [4.69, 9.17) is 5.73 Å². The van der Waals surface area contributed by atoms with Gasteiger partial charge >= 0.3 is 0 Å². The minimum absolute atomic E-state index is 0.0574. The molecule has 0 aliphatic carbocycles. The third-order valence-electron chi connectivity index (χ3n) is 5.55. The molecule has 0 bridgehead atoms. The maximum absolute atomic E-state index is 13.2. The van der Waals surface area contributed by atoms with Gasteiger partial charge < -0.3 is 16.0 Å². The SMILES string of the molecule is Cc1ccccc1C(=O)Nc1ccc(C(=O)N2CCC[C@@H](N)c3ccccc32)cc1. The Morgan fingerprint density at radius 1 is 0.967 bits per heavy atom. The number of carbonyl (C=O) groups is 2. The van der Waals surface area contributed by atoms with Crippen molar-refractivity contribution in [1.82, 2.24) is 0 Å². The number of hydrogen-bond acceptors (Lipinski definition) is 3. The first-order valence-electron chi connectivity index (χ1n) is 10.2. The zero-order chi connectivity index (χ0) is 21.1. The second-order valence-corrected chi connectivity index (χ2v) is 7.61. The summed E-state index contributed by atoms with van der Waals surface area (Å²) in [5.41, 5.74) is 11.0. The van der Waals surface area contributed by atoms with E-state index >= 15 is 0 Å². The van der Waals surface area contributed by atoms with Crippen molar-refractivity contribution in [3.63, 3.8) is 0 Å². The number of nitrogens with one attached hydrogen (secondary N) is 1. The number of nitrogens with zero attached hydrogens (tertiary/aromatic N) is 1. The molecule has 0 unspecified atom stereocenters. The summed E-state index contributed by atoms with van der Waals surface area (Å²) in [6.07, 6.45) is 1.71. The predicted octanol–water partition coefficient (Wildman–Crippen LogP) is 4.69. The van der Waals surface area contributed by atoms with Crippen LogP contribution in [-0.4, -0.2) is 18.4 Å². The van der Waals surface area contributed by atoms with Crippen LogP contribution in [0.4, 0.5) is 11.4 Å². The van der Waals surface area contributed by atoms with Crippen LogP contribution in [-0.2, 0) is 0 Å². The van der Waals surface area contributed by atoms with Crippen molar-refractivity contribution in [3.05, 3.63) is 95.1 Å². The van der Waals surface area contributed by atoms with Crippen LogP contribution in [0.5, 0.6) is 0 Å². The number of hydrogen-bond donors (Lipinski definition) is 2. The first-order valence-corrected chi connectivity index (χ1v) is 10.2. The van der Waals surface area contributed by atoms with Crippen molar-refractivity contribution in [1.29, 1.82) is 0 Å². The van der Waals surface area contributed by atoms with E-state index in [0.29, 0.717) is 23.4 Å². The lowest BCUT2D eigenvalue weighted by Gasteiger charge is -2.23. The average molecular weight is 399 g/mol. The number of amides is 2. The van der Waals surface area contributed by atoms with Gasteiger partial charge in [0.2, 0.25) is 0 Å². The van der Waals surface area contributed by atoms with Crippen molar-refractivity contribution in [3.8, 4) is 0 Å². The molecule has 152 valence electrons. The number of anilines is 2. The Morgan fingerprint density at radius 2 is 1.67 bits per heavy atom. The molecule has 0 radical (unpaired) electrons. The van der Waals surface area contributed by atoms with Gasteiger partial charge in [-0.15, -0.1) is 0 Å². The Hall–Kier alpha value is -3.44. The Bertz CT molecular complexity index is 1080. The number of aryl methyl sites for hydroxylation is 1. The standard InChI is InChI=1S/C25H25N3O2/c1-17-7-2-3-8-20(17)24(29)27-19-14-12-18(13-15-19)25(30)28-16-6-10-22(26)21-9-4-5-11-23(21)28/h2-5,7-9,11-15,22H,6,10,16,26H2,1H3,(H,27,29)/t22-/m1/s1. The van der Waals surface area contributed by atoms with E-state index in [2.05, 4.69) is 5.32 Å². The predicted molar refractivity (Wildman–Crippen MR) is 120 cm³/mol. The fourth-order valence-electron chi connectivity index (χ4n) is 3.88. The van der Waals surface area contributed by atoms with Gasteiger partial charge in [-0.3, -0.25) is 9.59 Å². The lowest BCUT2D eigenvalue weighted by atomic mass is 10.0. The monoisotopic (exact) mass is 399 g/mol. The van der Waals surface area contributed by atoms with E-state index in [1.807, 2.05) is 54.3 Å². The molecule has 3 aromatic rings. The summed E-state index contributed by atoms with van der Waals surface area (Å²) in [7, 11) is 0. The van der Waals surface area contributed by atoms with Gasteiger partial charge in [-0.25, -0.2) is 0 Å². The second-order valence-electron chi connectivity index (χ2n) is 7.61. The van der Waals surface area contributed by atoms with Gasteiger partial charge in [-0.05, 0) is 67.3 Å². The first-order chi connectivity index (χ1) is 14.5. The summed E-state index contributed by atoms with van der Waals surface area (Å²) in [6, 6.07) is 22.3. The van der Waals surface area contributed by atoms with Crippen molar-refractivity contribution in [2.75, 3.05) is 16.8 Å². The van der Waals surface area contributed by atoms with Crippen molar-refractivity contribution < 1.29 is 9.59 Å². The van der Waals surface area contributed by atoms with Gasteiger partial charge in [0.25, 0.3) is 11.8 Å². The molecule has 1 aliphatic heterocycles. The Kier molecular flexibility index (Phi) is 5.63. The summed E-state index contributed by atoms with van der Waals surface area (Å²) in [4.78, 5) is 27.5. The van der Waals surface area contributed by atoms with Crippen LogP contribution in [0.3, 0.4) is 0 Å². The molecule has 1 heterocycles. The molecule has 3 aromatic carbocycles. The quantitative estimate of drug-likeness (QED) is 0.671. The van der Waals surface area contributed by atoms with Gasteiger partial charge in [-0.2, -0.15) is 0 Å². The molecular weight excluding hydrogens is 374 g/mol. The highest BCUT2D eigenvalue weighted by atomic mass is 16.2. The molecule has 1 aliphatic rings. The largest absolute Gasteiger partial charge is 0.324 e. The van der Waals surface area contributed by atoms with Crippen LogP contribution in [0.25, 0.3) is 0 Å². The minimum atomic E-state index is -0.164. The molecule has 5 heteroatoms. The highest BCUT2D eigenvalue weighted by Gasteiger charge is 2.25. The number of fused-ring (bicyclic) bond motifs is 1. The average Bonchev–Trinajstić information content (AvgIpc) is 2.93. The fraction of sp³-hybridized carbons (Fsp3) is 0.200. The first kappa shape index (κ1) is 19.9. The number of rotatable bonds is 3. The third-order valence-corrected chi connectivity index (χ3v) is 5.55. The van der Waals surface area contributed by atoms with Crippen LogP contribution in [0.15, 0.2) is 72.8 Å². The molecule has 1 atom stereocenters. The molecule has 0 saturated carbocycles. The van der Waals surface area contributed by atoms with Crippen molar-refractivity contribution in [2.45, 2.75) is 25.8 Å². The molecular formula is C25H25N3O2. The van der Waals surface area contributed by atoms with Crippen LogP contribution in [0, 0.1) is 6.92 Å². The van der Waals surface area contributed by atoms with Gasteiger partial charge in [0.05, 0.1) is 0 Å². The van der Waals surface area contributed by atoms with Crippen LogP contribution in [0.2, 0.25) is 0 Å². The normalized spacial score (nSPS) is 15.8. The van der Waals surface area contributed by atoms with E-state index in [1.165, 1.54) is 0 Å². The molecule has 0 saturated heterocycles.